The number of benzene rings is 1. The highest BCUT2D eigenvalue weighted by atomic mass is 32.1. The molecule has 0 atom stereocenters. The Labute approximate surface area is 138 Å². The van der Waals surface area contributed by atoms with Crippen molar-refractivity contribution in [1.29, 1.82) is 0 Å². The van der Waals surface area contributed by atoms with E-state index in [-0.39, 0.29) is 11.5 Å². The molecule has 2 rings (SSSR count). The summed E-state index contributed by atoms with van der Waals surface area (Å²) in [5.74, 6) is -0.675. The first-order chi connectivity index (χ1) is 11.0. The van der Waals surface area contributed by atoms with Gasteiger partial charge in [-0.05, 0) is 24.1 Å². The van der Waals surface area contributed by atoms with Gasteiger partial charge in [0.05, 0.1) is 12.1 Å². The minimum atomic E-state index is -0.952. The van der Waals surface area contributed by atoms with Gasteiger partial charge in [-0.3, -0.25) is 4.79 Å². The maximum atomic E-state index is 11.9. The van der Waals surface area contributed by atoms with Crippen molar-refractivity contribution in [2.24, 2.45) is 0 Å². The number of rotatable bonds is 7. The van der Waals surface area contributed by atoms with E-state index in [9.17, 15) is 9.59 Å². The Morgan fingerprint density at radius 2 is 1.91 bits per heavy atom. The Kier molecular flexibility index (Phi) is 5.81. The predicted molar refractivity (Wildman–Crippen MR) is 87.6 cm³/mol. The van der Waals surface area contributed by atoms with Crippen molar-refractivity contribution in [2.75, 3.05) is 0 Å². The second kappa shape index (κ2) is 7.82. The Hall–Kier alpha value is -2.28. The fourth-order valence-corrected chi connectivity index (χ4v) is 2.69. The van der Waals surface area contributed by atoms with E-state index in [1.165, 1.54) is 11.3 Å². The van der Waals surface area contributed by atoms with Gasteiger partial charge in [0.2, 0.25) is 5.91 Å². The van der Waals surface area contributed by atoms with Crippen molar-refractivity contribution in [3.05, 3.63) is 45.4 Å². The van der Waals surface area contributed by atoms with Crippen molar-refractivity contribution in [2.45, 2.75) is 39.2 Å². The molecule has 1 aromatic heterocycles. The molecule has 0 fully saturated rings. The van der Waals surface area contributed by atoms with Crippen LogP contribution in [0.4, 0.5) is 0 Å². The van der Waals surface area contributed by atoms with E-state index in [2.05, 4.69) is 29.4 Å². The maximum Gasteiger partial charge on any atom is 0.335 e. The van der Waals surface area contributed by atoms with Gasteiger partial charge in [0.25, 0.3) is 0 Å². The van der Waals surface area contributed by atoms with Gasteiger partial charge in [-0.1, -0.05) is 37.3 Å². The van der Waals surface area contributed by atoms with Gasteiger partial charge in [0.1, 0.15) is 10.0 Å². The molecule has 0 saturated carbocycles. The molecule has 1 heterocycles. The summed E-state index contributed by atoms with van der Waals surface area (Å²) in [5.41, 5.74) is 1.18. The lowest BCUT2D eigenvalue weighted by atomic mass is 10.1. The van der Waals surface area contributed by atoms with Gasteiger partial charge in [-0.2, -0.15) is 0 Å². The standard InChI is InChI=1S/C16H19N3O3S/c1-10(2)15-19-18-14(23-15)9-17-13(20)8-5-11-3-6-12(7-4-11)16(21)22/h3-4,6-7,10H,5,8-9H2,1-2H3,(H,17,20)(H,21,22). The number of hydrogen-bond donors (Lipinski definition) is 2. The van der Waals surface area contributed by atoms with Crippen LogP contribution in [0.3, 0.4) is 0 Å². The summed E-state index contributed by atoms with van der Waals surface area (Å²) in [6.45, 7) is 4.50. The van der Waals surface area contributed by atoms with Gasteiger partial charge in [0.15, 0.2) is 0 Å². The zero-order chi connectivity index (χ0) is 16.8. The minimum Gasteiger partial charge on any atom is -0.478 e. The van der Waals surface area contributed by atoms with E-state index in [1.54, 1.807) is 24.3 Å². The zero-order valence-electron chi connectivity index (χ0n) is 13.1. The zero-order valence-corrected chi connectivity index (χ0v) is 13.9. The van der Waals surface area contributed by atoms with E-state index in [4.69, 9.17) is 5.11 Å². The quantitative estimate of drug-likeness (QED) is 0.812. The van der Waals surface area contributed by atoms with Crippen molar-refractivity contribution < 1.29 is 14.7 Å². The van der Waals surface area contributed by atoms with Crippen molar-refractivity contribution in [3.63, 3.8) is 0 Å². The fraction of sp³-hybridized carbons (Fsp3) is 0.375. The summed E-state index contributed by atoms with van der Waals surface area (Å²) in [4.78, 5) is 22.6. The van der Waals surface area contributed by atoms with Crippen LogP contribution in [0.15, 0.2) is 24.3 Å². The normalized spacial score (nSPS) is 10.7. The third-order valence-electron chi connectivity index (χ3n) is 3.25. The van der Waals surface area contributed by atoms with Gasteiger partial charge in [-0.25, -0.2) is 4.79 Å². The largest absolute Gasteiger partial charge is 0.478 e. The Bertz CT molecular complexity index is 680. The molecule has 7 heteroatoms. The summed E-state index contributed by atoms with van der Waals surface area (Å²) in [6, 6.07) is 6.56. The smallest absolute Gasteiger partial charge is 0.335 e. The minimum absolute atomic E-state index is 0.0615. The van der Waals surface area contributed by atoms with E-state index in [0.29, 0.717) is 25.3 Å². The molecule has 6 nitrogen and oxygen atoms in total. The fourth-order valence-electron chi connectivity index (χ4n) is 1.91. The SMILES string of the molecule is CC(C)c1nnc(CNC(=O)CCc2ccc(C(=O)O)cc2)s1. The molecule has 2 aromatic rings. The van der Waals surface area contributed by atoms with Crippen LogP contribution in [0.2, 0.25) is 0 Å². The molecule has 0 unspecified atom stereocenters. The molecule has 0 aliphatic rings. The number of carbonyl (C=O) groups excluding carboxylic acids is 1. The molecule has 0 radical (unpaired) electrons. The highest BCUT2D eigenvalue weighted by molar-refractivity contribution is 7.11. The molecule has 0 bridgehead atoms. The lowest BCUT2D eigenvalue weighted by Gasteiger charge is -2.04. The van der Waals surface area contributed by atoms with Gasteiger partial charge >= 0.3 is 5.97 Å². The summed E-state index contributed by atoms with van der Waals surface area (Å²) in [5, 5.41) is 21.6. The molecule has 1 amide bonds. The first-order valence-corrected chi connectivity index (χ1v) is 8.18. The Morgan fingerprint density at radius 1 is 1.22 bits per heavy atom. The van der Waals surface area contributed by atoms with E-state index in [0.717, 1.165) is 15.6 Å². The number of aromatic nitrogens is 2. The van der Waals surface area contributed by atoms with Crippen LogP contribution < -0.4 is 5.32 Å². The molecule has 1 aromatic carbocycles. The monoisotopic (exact) mass is 333 g/mol. The lowest BCUT2D eigenvalue weighted by molar-refractivity contribution is -0.121. The van der Waals surface area contributed by atoms with E-state index >= 15 is 0 Å². The average Bonchev–Trinajstić information content (AvgIpc) is 3.00. The van der Waals surface area contributed by atoms with Crippen molar-refractivity contribution in [1.82, 2.24) is 15.5 Å². The Morgan fingerprint density at radius 3 is 2.48 bits per heavy atom. The van der Waals surface area contributed by atoms with Crippen LogP contribution in [-0.4, -0.2) is 27.2 Å². The highest BCUT2D eigenvalue weighted by Gasteiger charge is 2.09. The van der Waals surface area contributed by atoms with Crippen molar-refractivity contribution in [3.8, 4) is 0 Å². The Balaban J connectivity index is 1.77. The summed E-state index contributed by atoms with van der Waals surface area (Å²) in [6.07, 6.45) is 0.918. The molecule has 23 heavy (non-hydrogen) atoms. The highest BCUT2D eigenvalue weighted by Crippen LogP contribution is 2.18. The summed E-state index contributed by atoms with van der Waals surface area (Å²) < 4.78 is 0. The number of hydrogen-bond acceptors (Lipinski definition) is 5. The summed E-state index contributed by atoms with van der Waals surface area (Å²) >= 11 is 1.51. The van der Waals surface area contributed by atoms with Crippen LogP contribution in [-0.2, 0) is 17.8 Å². The number of carbonyl (C=O) groups is 2. The lowest BCUT2D eigenvalue weighted by Crippen LogP contribution is -2.22. The molecule has 0 aliphatic heterocycles. The van der Waals surface area contributed by atoms with Gasteiger partial charge in [0, 0.05) is 12.3 Å². The third kappa shape index (κ3) is 5.14. The van der Waals surface area contributed by atoms with E-state index in [1.807, 2.05) is 0 Å². The second-order valence-corrected chi connectivity index (χ2v) is 6.56. The average molecular weight is 333 g/mol. The first kappa shape index (κ1) is 17.1. The molecule has 0 spiro atoms. The molecule has 0 aliphatic carbocycles. The number of carboxylic acid groups (broad SMARTS) is 1. The first-order valence-electron chi connectivity index (χ1n) is 7.37. The molecular weight excluding hydrogens is 314 g/mol. The van der Waals surface area contributed by atoms with Gasteiger partial charge in [-0.15, -0.1) is 10.2 Å². The third-order valence-corrected chi connectivity index (χ3v) is 4.48. The van der Waals surface area contributed by atoms with Crippen LogP contribution >= 0.6 is 11.3 Å². The molecular formula is C16H19N3O3S. The number of aromatic carboxylic acids is 1. The second-order valence-electron chi connectivity index (χ2n) is 5.47. The van der Waals surface area contributed by atoms with Crippen molar-refractivity contribution >= 4 is 23.2 Å². The van der Waals surface area contributed by atoms with E-state index < -0.39 is 5.97 Å². The van der Waals surface area contributed by atoms with Gasteiger partial charge < -0.3 is 10.4 Å². The van der Waals surface area contributed by atoms with Crippen LogP contribution in [0.5, 0.6) is 0 Å². The predicted octanol–water partition coefficient (Wildman–Crippen LogP) is 2.61. The van der Waals surface area contributed by atoms with Crippen LogP contribution in [0, 0.1) is 0 Å². The van der Waals surface area contributed by atoms with Crippen LogP contribution in [0.1, 0.15) is 52.1 Å². The maximum absolute atomic E-state index is 11.9. The van der Waals surface area contributed by atoms with Crippen LogP contribution in [0.25, 0.3) is 0 Å². The number of carboxylic acids is 1. The number of nitrogens with zero attached hydrogens (tertiary/aromatic N) is 2. The summed E-state index contributed by atoms with van der Waals surface area (Å²) in [7, 11) is 0. The molecule has 0 saturated heterocycles. The molecule has 122 valence electrons. The molecule has 2 N–H and O–H groups in total. The number of aryl methyl sites for hydroxylation is 1. The topological polar surface area (TPSA) is 92.2 Å². The number of nitrogens with one attached hydrogen (secondary N) is 1. The number of amides is 1.